The van der Waals surface area contributed by atoms with Gasteiger partial charge in [-0.2, -0.15) is 0 Å². The van der Waals surface area contributed by atoms with Crippen molar-refractivity contribution >= 4 is 23.1 Å². The summed E-state index contributed by atoms with van der Waals surface area (Å²) in [5.74, 6) is 0.975. The van der Waals surface area contributed by atoms with Gasteiger partial charge in [0.15, 0.2) is 4.34 Å². The standard InChI is InChI=1S/C11H12N2S2/c1-8-3-4-9(2)10(5-8)6-14-11-13-12-7-15-11/h3-5,7H,6H2,1-2H3. The molecule has 1 heterocycles. The second kappa shape index (κ2) is 4.77. The van der Waals surface area contributed by atoms with Gasteiger partial charge >= 0.3 is 0 Å². The zero-order chi connectivity index (χ0) is 10.7. The number of benzene rings is 1. The van der Waals surface area contributed by atoms with E-state index in [1.807, 2.05) is 0 Å². The van der Waals surface area contributed by atoms with E-state index in [4.69, 9.17) is 0 Å². The quantitative estimate of drug-likeness (QED) is 0.763. The van der Waals surface area contributed by atoms with Crippen molar-refractivity contribution in [2.75, 3.05) is 0 Å². The van der Waals surface area contributed by atoms with Crippen LogP contribution in [-0.2, 0) is 5.75 Å². The van der Waals surface area contributed by atoms with Crippen molar-refractivity contribution in [2.24, 2.45) is 0 Å². The van der Waals surface area contributed by atoms with E-state index < -0.39 is 0 Å². The molecule has 0 saturated heterocycles. The molecular formula is C11H12N2S2. The fourth-order valence-electron chi connectivity index (χ4n) is 1.32. The highest BCUT2D eigenvalue weighted by Crippen LogP contribution is 2.25. The van der Waals surface area contributed by atoms with Crippen LogP contribution in [0.2, 0.25) is 0 Å². The first kappa shape index (κ1) is 10.6. The maximum Gasteiger partial charge on any atom is 0.174 e. The Morgan fingerprint density at radius 1 is 1.33 bits per heavy atom. The van der Waals surface area contributed by atoms with Gasteiger partial charge in [-0.1, -0.05) is 46.9 Å². The molecule has 4 heteroatoms. The largest absolute Gasteiger partial charge is 0.174 e. The fraction of sp³-hybridized carbons (Fsp3) is 0.273. The van der Waals surface area contributed by atoms with Crippen LogP contribution in [0.15, 0.2) is 28.0 Å². The van der Waals surface area contributed by atoms with Crippen molar-refractivity contribution in [3.8, 4) is 0 Å². The lowest BCUT2D eigenvalue weighted by atomic mass is 10.1. The molecule has 1 aromatic carbocycles. The first-order valence-corrected chi connectivity index (χ1v) is 6.57. The molecule has 1 aromatic heterocycles. The molecular weight excluding hydrogens is 224 g/mol. The molecule has 0 N–H and O–H groups in total. The van der Waals surface area contributed by atoms with Gasteiger partial charge in [0.1, 0.15) is 5.51 Å². The number of hydrogen-bond acceptors (Lipinski definition) is 4. The van der Waals surface area contributed by atoms with Gasteiger partial charge in [0.05, 0.1) is 0 Å². The van der Waals surface area contributed by atoms with Crippen LogP contribution in [0.5, 0.6) is 0 Å². The van der Waals surface area contributed by atoms with Crippen molar-refractivity contribution in [2.45, 2.75) is 23.9 Å². The highest BCUT2D eigenvalue weighted by Gasteiger charge is 2.02. The number of nitrogens with zero attached hydrogens (tertiary/aromatic N) is 2. The van der Waals surface area contributed by atoms with Gasteiger partial charge in [0.2, 0.25) is 0 Å². The average molecular weight is 236 g/mol. The molecule has 78 valence electrons. The van der Waals surface area contributed by atoms with Gasteiger partial charge in [-0.05, 0) is 25.0 Å². The Kier molecular flexibility index (Phi) is 3.38. The van der Waals surface area contributed by atoms with Crippen LogP contribution in [0.1, 0.15) is 16.7 Å². The summed E-state index contributed by atoms with van der Waals surface area (Å²) in [7, 11) is 0. The first-order chi connectivity index (χ1) is 7.25. The van der Waals surface area contributed by atoms with Gasteiger partial charge in [0.25, 0.3) is 0 Å². The molecule has 0 aliphatic rings. The monoisotopic (exact) mass is 236 g/mol. The van der Waals surface area contributed by atoms with Crippen molar-refractivity contribution < 1.29 is 0 Å². The average Bonchev–Trinajstić information content (AvgIpc) is 2.72. The predicted octanol–water partition coefficient (Wildman–Crippen LogP) is 3.45. The van der Waals surface area contributed by atoms with Gasteiger partial charge in [-0.25, -0.2) is 0 Å². The van der Waals surface area contributed by atoms with E-state index in [-0.39, 0.29) is 0 Å². The Morgan fingerprint density at radius 3 is 2.93 bits per heavy atom. The molecule has 0 amide bonds. The molecule has 0 aliphatic heterocycles. The summed E-state index contributed by atoms with van der Waals surface area (Å²) in [6, 6.07) is 6.56. The Balaban J connectivity index is 2.07. The third-order valence-electron chi connectivity index (χ3n) is 2.20. The third-order valence-corrected chi connectivity index (χ3v) is 4.10. The number of hydrogen-bond donors (Lipinski definition) is 0. The molecule has 0 saturated carbocycles. The van der Waals surface area contributed by atoms with E-state index in [9.17, 15) is 0 Å². The Hall–Kier alpha value is -0.870. The van der Waals surface area contributed by atoms with Gasteiger partial charge < -0.3 is 0 Å². The molecule has 0 aliphatic carbocycles. The molecule has 0 atom stereocenters. The summed E-state index contributed by atoms with van der Waals surface area (Å²) in [5.41, 5.74) is 5.81. The zero-order valence-corrected chi connectivity index (χ0v) is 10.4. The van der Waals surface area contributed by atoms with Gasteiger partial charge in [-0.15, -0.1) is 10.2 Å². The maximum absolute atomic E-state index is 4.01. The molecule has 2 rings (SSSR count). The second-order valence-corrected chi connectivity index (χ2v) is 5.48. The smallest absolute Gasteiger partial charge is 0.146 e. The molecule has 0 spiro atoms. The summed E-state index contributed by atoms with van der Waals surface area (Å²) in [6.45, 7) is 4.27. The minimum Gasteiger partial charge on any atom is -0.146 e. The normalized spacial score (nSPS) is 10.5. The van der Waals surface area contributed by atoms with Crippen LogP contribution in [0.25, 0.3) is 0 Å². The molecule has 0 fully saturated rings. The highest BCUT2D eigenvalue weighted by atomic mass is 32.2. The van der Waals surface area contributed by atoms with Crippen LogP contribution < -0.4 is 0 Å². The van der Waals surface area contributed by atoms with E-state index in [2.05, 4.69) is 42.2 Å². The SMILES string of the molecule is Cc1ccc(C)c(CSc2nncs2)c1. The van der Waals surface area contributed by atoms with Crippen LogP contribution >= 0.6 is 23.1 Å². The molecule has 0 radical (unpaired) electrons. The van der Waals surface area contributed by atoms with Crippen molar-refractivity contribution in [3.05, 3.63) is 40.4 Å². The summed E-state index contributed by atoms with van der Waals surface area (Å²) in [4.78, 5) is 0. The Morgan fingerprint density at radius 2 is 2.20 bits per heavy atom. The van der Waals surface area contributed by atoms with Crippen LogP contribution in [0.4, 0.5) is 0 Å². The Bertz CT molecular complexity index is 438. The van der Waals surface area contributed by atoms with Gasteiger partial charge in [-0.3, -0.25) is 0 Å². The summed E-state index contributed by atoms with van der Waals surface area (Å²) in [6.07, 6.45) is 0. The molecule has 15 heavy (non-hydrogen) atoms. The topological polar surface area (TPSA) is 25.8 Å². The minimum atomic E-state index is 0.975. The minimum absolute atomic E-state index is 0.975. The lowest BCUT2D eigenvalue weighted by molar-refractivity contribution is 1.01. The lowest BCUT2D eigenvalue weighted by Crippen LogP contribution is -1.87. The van der Waals surface area contributed by atoms with Crippen molar-refractivity contribution in [1.82, 2.24) is 10.2 Å². The van der Waals surface area contributed by atoms with E-state index >= 15 is 0 Å². The van der Waals surface area contributed by atoms with Crippen LogP contribution in [0.3, 0.4) is 0 Å². The molecule has 2 nitrogen and oxygen atoms in total. The molecule has 0 bridgehead atoms. The number of aryl methyl sites for hydroxylation is 2. The second-order valence-electron chi connectivity index (χ2n) is 3.42. The first-order valence-electron chi connectivity index (χ1n) is 4.71. The number of thioether (sulfide) groups is 1. The number of aromatic nitrogens is 2. The Labute approximate surface area is 97.8 Å². The summed E-state index contributed by atoms with van der Waals surface area (Å²) in [5, 5.41) is 7.84. The van der Waals surface area contributed by atoms with Crippen LogP contribution in [-0.4, -0.2) is 10.2 Å². The molecule has 0 unspecified atom stereocenters. The molecule has 2 aromatic rings. The highest BCUT2D eigenvalue weighted by molar-refractivity contribution is 8.00. The van der Waals surface area contributed by atoms with Crippen molar-refractivity contribution in [3.63, 3.8) is 0 Å². The van der Waals surface area contributed by atoms with E-state index in [1.54, 1.807) is 28.6 Å². The van der Waals surface area contributed by atoms with Crippen LogP contribution in [0, 0.1) is 13.8 Å². The zero-order valence-electron chi connectivity index (χ0n) is 8.73. The number of rotatable bonds is 3. The van der Waals surface area contributed by atoms with E-state index in [1.165, 1.54) is 16.7 Å². The maximum atomic E-state index is 4.01. The summed E-state index contributed by atoms with van der Waals surface area (Å²) >= 11 is 3.34. The predicted molar refractivity (Wildman–Crippen MR) is 65.4 cm³/mol. The lowest BCUT2D eigenvalue weighted by Gasteiger charge is -2.04. The fourth-order valence-corrected chi connectivity index (χ4v) is 2.87. The third kappa shape index (κ3) is 2.79. The van der Waals surface area contributed by atoms with Crippen molar-refractivity contribution in [1.29, 1.82) is 0 Å². The van der Waals surface area contributed by atoms with Gasteiger partial charge in [0, 0.05) is 5.75 Å². The summed E-state index contributed by atoms with van der Waals surface area (Å²) < 4.78 is 1.04. The van der Waals surface area contributed by atoms with E-state index in [0.29, 0.717) is 0 Å². The van der Waals surface area contributed by atoms with E-state index in [0.717, 1.165) is 10.1 Å².